The van der Waals surface area contributed by atoms with Crippen molar-refractivity contribution in [3.05, 3.63) is 5.56 Å². The van der Waals surface area contributed by atoms with E-state index in [0.717, 1.165) is 0 Å². The summed E-state index contributed by atoms with van der Waals surface area (Å²) in [6.07, 6.45) is -0.353. The summed E-state index contributed by atoms with van der Waals surface area (Å²) >= 11 is 0. The first kappa shape index (κ1) is 16.0. The van der Waals surface area contributed by atoms with Crippen LogP contribution >= 0.6 is 0 Å². The van der Waals surface area contributed by atoms with Gasteiger partial charge in [-0.25, -0.2) is 4.79 Å². The maximum Gasteiger partial charge on any atom is 0.349 e. The monoisotopic (exact) mass is 283 g/mol. The van der Waals surface area contributed by atoms with Crippen LogP contribution in [0.1, 0.15) is 45.0 Å². The van der Waals surface area contributed by atoms with Crippen molar-refractivity contribution in [2.75, 3.05) is 12.3 Å². The lowest BCUT2D eigenvalue weighted by molar-refractivity contribution is 0.0510. The molecule has 0 radical (unpaired) electrons. The van der Waals surface area contributed by atoms with Gasteiger partial charge in [-0.05, 0) is 34.6 Å². The first-order valence-corrected chi connectivity index (χ1v) is 6.53. The predicted molar refractivity (Wildman–Crippen MR) is 73.9 cm³/mol. The van der Waals surface area contributed by atoms with Crippen molar-refractivity contribution in [2.45, 2.75) is 46.8 Å². The van der Waals surface area contributed by atoms with Gasteiger partial charge < -0.3 is 19.9 Å². The number of carbonyl (C=O) groups is 1. The summed E-state index contributed by atoms with van der Waals surface area (Å²) in [5.74, 6) is -0.480. The maximum atomic E-state index is 12.1. The summed E-state index contributed by atoms with van der Waals surface area (Å²) in [6, 6.07) is 0. The van der Waals surface area contributed by atoms with Gasteiger partial charge in [0, 0.05) is 0 Å². The lowest BCUT2D eigenvalue weighted by Gasteiger charge is -2.17. The lowest BCUT2D eigenvalue weighted by Crippen LogP contribution is -2.19. The van der Waals surface area contributed by atoms with E-state index >= 15 is 0 Å². The Labute approximate surface area is 118 Å². The second-order valence-electron chi connectivity index (χ2n) is 4.62. The topological polar surface area (TPSA) is 96.6 Å². The molecule has 0 aliphatic heterocycles. The lowest BCUT2D eigenvalue weighted by atomic mass is 10.3. The van der Waals surface area contributed by atoms with E-state index in [1.54, 1.807) is 6.92 Å². The van der Waals surface area contributed by atoms with E-state index in [0.29, 0.717) is 0 Å². The fourth-order valence-electron chi connectivity index (χ4n) is 1.43. The molecule has 0 bridgehead atoms. The highest BCUT2D eigenvalue weighted by Crippen LogP contribution is 2.28. The Morgan fingerprint density at radius 2 is 1.55 bits per heavy atom. The summed E-state index contributed by atoms with van der Waals surface area (Å²) in [5, 5.41) is 0. The summed E-state index contributed by atoms with van der Waals surface area (Å²) in [7, 11) is 0. The quantitative estimate of drug-likeness (QED) is 0.795. The molecule has 112 valence electrons. The minimum absolute atomic E-state index is 0.0238. The second-order valence-corrected chi connectivity index (χ2v) is 4.62. The first-order chi connectivity index (χ1) is 9.35. The van der Waals surface area contributed by atoms with Gasteiger partial charge in [0.15, 0.2) is 5.56 Å². The van der Waals surface area contributed by atoms with E-state index in [2.05, 4.69) is 9.97 Å². The number of nitrogens with two attached hydrogens (primary N) is 1. The van der Waals surface area contributed by atoms with Gasteiger partial charge in [-0.3, -0.25) is 0 Å². The number of nitrogens with zero attached hydrogens (tertiary/aromatic N) is 2. The van der Waals surface area contributed by atoms with Gasteiger partial charge in [0.2, 0.25) is 17.7 Å². The summed E-state index contributed by atoms with van der Waals surface area (Å²) in [5.41, 5.74) is 5.68. The van der Waals surface area contributed by atoms with Crippen molar-refractivity contribution in [2.24, 2.45) is 0 Å². The van der Waals surface area contributed by atoms with Crippen LogP contribution in [-0.2, 0) is 4.74 Å². The number of aromatic nitrogens is 2. The molecule has 0 saturated heterocycles. The molecule has 0 aromatic carbocycles. The standard InChI is InChI=1S/C13H21N3O4/c1-6-18-12(17)9-10(19-7(2)3)15-13(14)16-11(9)20-8(4)5/h7-8H,6H2,1-5H3,(H2,14,15,16). The van der Waals surface area contributed by atoms with E-state index in [1.807, 2.05) is 27.7 Å². The molecule has 0 aliphatic carbocycles. The molecular formula is C13H21N3O4. The molecular weight excluding hydrogens is 262 g/mol. The Bertz CT molecular complexity index is 444. The fourth-order valence-corrected chi connectivity index (χ4v) is 1.43. The SMILES string of the molecule is CCOC(=O)c1c(OC(C)C)nc(N)nc1OC(C)C. The van der Waals surface area contributed by atoms with Gasteiger partial charge in [0.25, 0.3) is 0 Å². The Morgan fingerprint density at radius 3 is 1.90 bits per heavy atom. The van der Waals surface area contributed by atoms with Crippen molar-refractivity contribution in [1.29, 1.82) is 0 Å². The molecule has 1 heterocycles. The van der Waals surface area contributed by atoms with Crippen LogP contribution in [0, 0.1) is 0 Å². The van der Waals surface area contributed by atoms with Gasteiger partial charge in [0.05, 0.1) is 18.8 Å². The van der Waals surface area contributed by atoms with E-state index < -0.39 is 5.97 Å². The van der Waals surface area contributed by atoms with Crippen LogP contribution in [-0.4, -0.2) is 34.8 Å². The van der Waals surface area contributed by atoms with Crippen molar-refractivity contribution in [3.63, 3.8) is 0 Å². The van der Waals surface area contributed by atoms with Crippen LogP contribution in [0.2, 0.25) is 0 Å². The number of nitrogen functional groups attached to an aromatic ring is 1. The zero-order valence-corrected chi connectivity index (χ0v) is 12.5. The predicted octanol–water partition coefficient (Wildman–Crippen LogP) is 1.81. The zero-order valence-electron chi connectivity index (χ0n) is 12.5. The molecule has 7 heteroatoms. The molecule has 0 spiro atoms. The largest absolute Gasteiger partial charge is 0.474 e. The molecule has 2 N–H and O–H groups in total. The molecule has 0 saturated carbocycles. The summed E-state index contributed by atoms with van der Waals surface area (Å²) < 4.78 is 16.0. The van der Waals surface area contributed by atoms with Crippen molar-refractivity contribution >= 4 is 11.9 Å². The van der Waals surface area contributed by atoms with Crippen LogP contribution in [0.25, 0.3) is 0 Å². The molecule has 1 aromatic rings. The minimum Gasteiger partial charge on any atom is -0.474 e. The minimum atomic E-state index is -0.598. The number of hydrogen-bond acceptors (Lipinski definition) is 7. The third kappa shape index (κ3) is 4.25. The molecule has 7 nitrogen and oxygen atoms in total. The van der Waals surface area contributed by atoms with Crippen molar-refractivity contribution < 1.29 is 19.0 Å². The van der Waals surface area contributed by atoms with Gasteiger partial charge >= 0.3 is 5.97 Å². The van der Waals surface area contributed by atoms with E-state index in [4.69, 9.17) is 19.9 Å². The molecule has 20 heavy (non-hydrogen) atoms. The van der Waals surface area contributed by atoms with Gasteiger partial charge in [-0.2, -0.15) is 9.97 Å². The van der Waals surface area contributed by atoms with E-state index in [9.17, 15) is 4.79 Å². The number of carbonyl (C=O) groups excluding carboxylic acids is 1. The van der Waals surface area contributed by atoms with Crippen molar-refractivity contribution in [1.82, 2.24) is 9.97 Å². The number of hydrogen-bond donors (Lipinski definition) is 1. The average Bonchev–Trinajstić information content (AvgIpc) is 2.26. The molecule has 1 rings (SSSR count). The number of esters is 1. The van der Waals surface area contributed by atoms with Crippen LogP contribution in [0.5, 0.6) is 11.8 Å². The average molecular weight is 283 g/mol. The molecule has 0 amide bonds. The molecule has 0 atom stereocenters. The Balaban J connectivity index is 3.32. The highest BCUT2D eigenvalue weighted by Gasteiger charge is 2.25. The Kier molecular flexibility index (Phi) is 5.54. The number of rotatable bonds is 6. The smallest absolute Gasteiger partial charge is 0.349 e. The second kappa shape index (κ2) is 6.93. The Morgan fingerprint density at radius 1 is 1.10 bits per heavy atom. The normalized spacial score (nSPS) is 10.8. The summed E-state index contributed by atoms with van der Waals surface area (Å²) in [6.45, 7) is 9.20. The van der Waals surface area contributed by atoms with Crippen molar-refractivity contribution in [3.8, 4) is 11.8 Å². The fraction of sp³-hybridized carbons (Fsp3) is 0.615. The van der Waals surface area contributed by atoms with Gasteiger partial charge in [-0.15, -0.1) is 0 Å². The van der Waals surface area contributed by atoms with Crippen LogP contribution in [0.3, 0.4) is 0 Å². The maximum absolute atomic E-state index is 12.1. The molecule has 0 unspecified atom stereocenters. The number of anilines is 1. The zero-order chi connectivity index (χ0) is 15.3. The molecule has 1 aromatic heterocycles. The first-order valence-electron chi connectivity index (χ1n) is 6.53. The van der Waals surface area contributed by atoms with Crippen LogP contribution in [0.4, 0.5) is 5.95 Å². The van der Waals surface area contributed by atoms with E-state index in [1.165, 1.54) is 0 Å². The Hall–Kier alpha value is -2.05. The van der Waals surface area contributed by atoms with Gasteiger partial charge in [0.1, 0.15) is 0 Å². The number of ether oxygens (including phenoxy) is 3. The summed E-state index contributed by atoms with van der Waals surface area (Å²) in [4.78, 5) is 20.0. The third-order valence-corrected chi connectivity index (χ3v) is 2.03. The third-order valence-electron chi connectivity index (χ3n) is 2.03. The highest BCUT2D eigenvalue weighted by molar-refractivity contribution is 5.94. The highest BCUT2D eigenvalue weighted by atomic mass is 16.5. The molecule has 0 aliphatic rings. The van der Waals surface area contributed by atoms with E-state index in [-0.39, 0.29) is 42.1 Å². The van der Waals surface area contributed by atoms with Gasteiger partial charge in [-0.1, -0.05) is 0 Å². The molecule has 0 fully saturated rings. The van der Waals surface area contributed by atoms with Crippen LogP contribution in [0.15, 0.2) is 0 Å². The van der Waals surface area contributed by atoms with Crippen LogP contribution < -0.4 is 15.2 Å².